The van der Waals surface area contributed by atoms with Gasteiger partial charge in [-0.25, -0.2) is 14.5 Å². The standard InChI is InChI=1S/C24H19FN4O2/c25-20-11-13-22(14-12-20)31-17-23(30)27-26-15-19-16-29(21-9-5-2-6-10-21)28-24(19)18-7-3-1-4-8-18/h1-16H,17H2,(H,27,30)/b26-15-. The van der Waals surface area contributed by atoms with E-state index in [2.05, 4.69) is 15.6 Å². The fourth-order valence-electron chi connectivity index (χ4n) is 2.90. The van der Waals surface area contributed by atoms with Gasteiger partial charge in [0.05, 0.1) is 11.9 Å². The number of halogens is 1. The Balaban J connectivity index is 1.47. The van der Waals surface area contributed by atoms with Crippen molar-refractivity contribution in [2.24, 2.45) is 5.10 Å². The number of rotatable bonds is 7. The fourth-order valence-corrected chi connectivity index (χ4v) is 2.90. The van der Waals surface area contributed by atoms with Gasteiger partial charge in [-0.2, -0.15) is 10.2 Å². The zero-order valence-electron chi connectivity index (χ0n) is 16.5. The number of hydrazone groups is 1. The minimum absolute atomic E-state index is 0.238. The molecule has 0 saturated heterocycles. The van der Waals surface area contributed by atoms with E-state index >= 15 is 0 Å². The third-order valence-corrected chi connectivity index (χ3v) is 4.39. The molecule has 0 radical (unpaired) electrons. The van der Waals surface area contributed by atoms with Gasteiger partial charge in [-0.05, 0) is 36.4 Å². The fraction of sp³-hybridized carbons (Fsp3) is 0.0417. The van der Waals surface area contributed by atoms with Crippen molar-refractivity contribution in [2.75, 3.05) is 6.61 Å². The number of para-hydroxylation sites is 1. The number of hydrogen-bond acceptors (Lipinski definition) is 4. The van der Waals surface area contributed by atoms with Gasteiger partial charge >= 0.3 is 0 Å². The number of amides is 1. The number of carbonyl (C=O) groups excluding carboxylic acids is 1. The van der Waals surface area contributed by atoms with Crippen molar-refractivity contribution in [1.82, 2.24) is 15.2 Å². The van der Waals surface area contributed by atoms with Crippen molar-refractivity contribution in [3.05, 3.63) is 103 Å². The van der Waals surface area contributed by atoms with Crippen LogP contribution in [0.5, 0.6) is 5.75 Å². The first-order valence-electron chi connectivity index (χ1n) is 9.60. The molecule has 4 aromatic rings. The van der Waals surface area contributed by atoms with Gasteiger partial charge in [0.1, 0.15) is 17.3 Å². The second kappa shape index (κ2) is 9.49. The Hall–Kier alpha value is -4.26. The normalized spacial score (nSPS) is 10.9. The molecule has 0 fully saturated rings. The highest BCUT2D eigenvalue weighted by atomic mass is 19.1. The average molecular weight is 414 g/mol. The number of carbonyl (C=O) groups is 1. The minimum Gasteiger partial charge on any atom is -0.484 e. The van der Waals surface area contributed by atoms with Gasteiger partial charge in [-0.1, -0.05) is 48.5 Å². The molecule has 0 unspecified atom stereocenters. The van der Waals surface area contributed by atoms with Crippen LogP contribution in [0.15, 0.2) is 96.2 Å². The predicted octanol–water partition coefficient (Wildman–Crippen LogP) is 4.21. The van der Waals surface area contributed by atoms with Crippen molar-refractivity contribution in [3.63, 3.8) is 0 Å². The maximum Gasteiger partial charge on any atom is 0.277 e. The lowest BCUT2D eigenvalue weighted by Crippen LogP contribution is -2.24. The average Bonchev–Trinajstić information content (AvgIpc) is 3.24. The van der Waals surface area contributed by atoms with Crippen molar-refractivity contribution >= 4 is 12.1 Å². The van der Waals surface area contributed by atoms with E-state index in [0.717, 1.165) is 22.5 Å². The van der Waals surface area contributed by atoms with Crippen molar-refractivity contribution < 1.29 is 13.9 Å². The summed E-state index contributed by atoms with van der Waals surface area (Å²) in [7, 11) is 0. The molecule has 0 spiro atoms. The summed E-state index contributed by atoms with van der Waals surface area (Å²) < 4.78 is 20.0. The molecule has 0 aliphatic heterocycles. The van der Waals surface area contributed by atoms with E-state index in [-0.39, 0.29) is 12.4 Å². The lowest BCUT2D eigenvalue weighted by atomic mass is 10.1. The van der Waals surface area contributed by atoms with Crippen LogP contribution in [0.25, 0.3) is 16.9 Å². The van der Waals surface area contributed by atoms with Crippen molar-refractivity contribution in [2.45, 2.75) is 0 Å². The first-order chi connectivity index (χ1) is 15.2. The summed E-state index contributed by atoms with van der Waals surface area (Å²) in [6.07, 6.45) is 3.40. The Morgan fingerprint density at radius 2 is 1.68 bits per heavy atom. The molecule has 1 amide bonds. The minimum atomic E-state index is -0.433. The lowest BCUT2D eigenvalue weighted by Gasteiger charge is -2.04. The zero-order chi connectivity index (χ0) is 21.5. The first kappa shape index (κ1) is 20.0. The second-order valence-electron chi connectivity index (χ2n) is 6.61. The highest BCUT2D eigenvalue weighted by Crippen LogP contribution is 2.22. The summed E-state index contributed by atoms with van der Waals surface area (Å²) in [5.41, 5.74) is 5.77. The number of hydrogen-bond donors (Lipinski definition) is 1. The van der Waals surface area contributed by atoms with E-state index in [9.17, 15) is 9.18 Å². The molecule has 0 bridgehead atoms. The van der Waals surface area contributed by atoms with E-state index in [4.69, 9.17) is 4.74 Å². The number of aromatic nitrogens is 2. The van der Waals surface area contributed by atoms with Crippen LogP contribution in [0.4, 0.5) is 4.39 Å². The predicted molar refractivity (Wildman–Crippen MR) is 117 cm³/mol. The first-order valence-corrected chi connectivity index (χ1v) is 9.60. The van der Waals surface area contributed by atoms with Gasteiger partial charge in [-0.15, -0.1) is 0 Å². The largest absolute Gasteiger partial charge is 0.484 e. The van der Waals surface area contributed by atoms with Crippen LogP contribution < -0.4 is 10.2 Å². The van der Waals surface area contributed by atoms with Crippen molar-refractivity contribution in [3.8, 4) is 22.7 Å². The van der Waals surface area contributed by atoms with E-state index in [1.165, 1.54) is 24.3 Å². The van der Waals surface area contributed by atoms with Crippen LogP contribution in [0.3, 0.4) is 0 Å². The Bertz CT molecular complexity index is 1170. The molecule has 3 aromatic carbocycles. The third kappa shape index (κ3) is 5.22. The monoisotopic (exact) mass is 414 g/mol. The molecule has 0 atom stereocenters. The Morgan fingerprint density at radius 3 is 2.39 bits per heavy atom. The van der Waals surface area contributed by atoms with Crippen LogP contribution in [-0.2, 0) is 4.79 Å². The highest BCUT2D eigenvalue weighted by Gasteiger charge is 2.11. The summed E-state index contributed by atoms with van der Waals surface area (Å²) in [6.45, 7) is -0.238. The van der Waals surface area contributed by atoms with Gasteiger partial charge in [0.15, 0.2) is 6.61 Å². The van der Waals surface area contributed by atoms with E-state index in [1.807, 2.05) is 66.9 Å². The van der Waals surface area contributed by atoms with E-state index in [1.54, 1.807) is 10.9 Å². The molecular weight excluding hydrogens is 395 g/mol. The Morgan fingerprint density at radius 1 is 1.00 bits per heavy atom. The number of nitrogens with one attached hydrogen (secondary N) is 1. The van der Waals surface area contributed by atoms with Crippen LogP contribution in [0.1, 0.15) is 5.56 Å². The zero-order valence-corrected chi connectivity index (χ0v) is 16.5. The van der Waals surface area contributed by atoms with Crippen LogP contribution in [-0.4, -0.2) is 28.5 Å². The van der Waals surface area contributed by atoms with Gasteiger partial charge in [0, 0.05) is 17.3 Å². The van der Waals surface area contributed by atoms with Gasteiger partial charge in [-0.3, -0.25) is 4.79 Å². The number of ether oxygens (including phenoxy) is 1. The Labute approximate surface area is 178 Å². The third-order valence-electron chi connectivity index (χ3n) is 4.39. The quantitative estimate of drug-likeness (QED) is 0.364. The Kier molecular flexibility index (Phi) is 6.13. The summed E-state index contributed by atoms with van der Waals surface area (Å²) in [6, 6.07) is 24.9. The molecule has 0 aliphatic carbocycles. The molecule has 7 heteroatoms. The number of nitrogens with zero attached hydrogens (tertiary/aromatic N) is 3. The van der Waals surface area contributed by atoms with Gasteiger partial charge < -0.3 is 4.74 Å². The molecule has 154 valence electrons. The smallest absolute Gasteiger partial charge is 0.277 e. The molecule has 6 nitrogen and oxygen atoms in total. The summed E-state index contributed by atoms with van der Waals surface area (Å²) in [4.78, 5) is 12.0. The SMILES string of the molecule is O=C(COc1ccc(F)cc1)N/N=C\c1cn(-c2ccccc2)nc1-c1ccccc1. The molecule has 1 aromatic heterocycles. The van der Waals surface area contributed by atoms with Gasteiger partial charge in [0.25, 0.3) is 5.91 Å². The second-order valence-corrected chi connectivity index (χ2v) is 6.61. The molecule has 0 aliphatic rings. The van der Waals surface area contributed by atoms with E-state index in [0.29, 0.717) is 5.75 Å². The summed E-state index contributed by atoms with van der Waals surface area (Å²) >= 11 is 0. The van der Waals surface area contributed by atoms with Crippen LogP contribution in [0.2, 0.25) is 0 Å². The maximum atomic E-state index is 12.9. The summed E-state index contributed by atoms with van der Waals surface area (Å²) in [5.74, 6) is -0.403. The molecule has 4 rings (SSSR count). The van der Waals surface area contributed by atoms with Gasteiger partial charge in [0.2, 0.25) is 0 Å². The van der Waals surface area contributed by atoms with E-state index < -0.39 is 5.91 Å². The molecule has 1 heterocycles. The summed E-state index contributed by atoms with van der Waals surface area (Å²) in [5, 5.41) is 8.73. The number of benzene rings is 3. The highest BCUT2D eigenvalue weighted by molar-refractivity contribution is 5.89. The molecule has 31 heavy (non-hydrogen) atoms. The molecular formula is C24H19FN4O2. The van der Waals surface area contributed by atoms with Crippen LogP contribution >= 0.6 is 0 Å². The maximum absolute atomic E-state index is 12.9. The van der Waals surface area contributed by atoms with Crippen LogP contribution in [0, 0.1) is 5.82 Å². The molecule has 0 saturated carbocycles. The lowest BCUT2D eigenvalue weighted by molar-refractivity contribution is -0.123. The molecule has 1 N–H and O–H groups in total. The van der Waals surface area contributed by atoms with Crippen molar-refractivity contribution in [1.29, 1.82) is 0 Å². The topological polar surface area (TPSA) is 68.5 Å².